The summed E-state index contributed by atoms with van der Waals surface area (Å²) in [6, 6.07) is 7.29. The van der Waals surface area contributed by atoms with Gasteiger partial charge in [0.05, 0.1) is 19.0 Å². The molecule has 1 N–H and O–H groups in total. The summed E-state index contributed by atoms with van der Waals surface area (Å²) in [7, 11) is -0.394. The van der Waals surface area contributed by atoms with Crippen molar-refractivity contribution in [1.29, 1.82) is 0 Å². The van der Waals surface area contributed by atoms with Crippen molar-refractivity contribution in [3.63, 3.8) is 0 Å². The van der Waals surface area contributed by atoms with E-state index in [0.29, 0.717) is 5.69 Å². The van der Waals surface area contributed by atoms with Crippen LogP contribution in [0, 0.1) is 6.92 Å². The molecule has 0 aliphatic rings. The minimum atomic E-state index is -3.53. The molecule has 2 rings (SSSR count). The number of sulfonamides is 1. The third kappa shape index (κ3) is 2.83. The van der Waals surface area contributed by atoms with Crippen LogP contribution >= 0.6 is 0 Å². The highest BCUT2D eigenvalue weighted by Gasteiger charge is 2.24. The van der Waals surface area contributed by atoms with Crippen molar-refractivity contribution in [2.24, 2.45) is 0 Å². The second-order valence-corrected chi connectivity index (χ2v) is 6.48. The maximum atomic E-state index is 12.4. The molecule has 0 radical (unpaired) electrons. The van der Waals surface area contributed by atoms with Gasteiger partial charge in [0.15, 0.2) is 0 Å². The number of aryl methyl sites for hydroxylation is 1. The molecule has 0 atom stereocenters. The number of nitrogens with zero attached hydrogens (tertiary/aromatic N) is 2. The van der Waals surface area contributed by atoms with Gasteiger partial charge in [-0.1, -0.05) is 12.1 Å². The maximum Gasteiger partial charge on any atom is 0.246 e. The monoisotopic (exact) mass is 295 g/mol. The lowest BCUT2D eigenvalue weighted by Crippen LogP contribution is -2.26. The molecule has 7 heteroatoms. The standard InChI is InChI=1S/C13H17N3O3S/c1-10-13(8-14-15-10)20(17,18)16(2)9-11-4-6-12(19-3)7-5-11/h4-8H,9H2,1-3H3,(H,14,15). The van der Waals surface area contributed by atoms with Gasteiger partial charge in [-0.05, 0) is 24.6 Å². The number of H-pyrrole nitrogens is 1. The molecule has 1 aromatic carbocycles. The Labute approximate surface area is 118 Å². The summed E-state index contributed by atoms with van der Waals surface area (Å²) in [5, 5.41) is 6.39. The first-order valence-corrected chi connectivity index (χ1v) is 7.48. The fourth-order valence-electron chi connectivity index (χ4n) is 1.84. The molecule has 1 aromatic heterocycles. The molecule has 0 unspecified atom stereocenters. The molecular formula is C13H17N3O3S. The lowest BCUT2D eigenvalue weighted by Gasteiger charge is -2.16. The van der Waals surface area contributed by atoms with Gasteiger partial charge in [-0.15, -0.1) is 0 Å². The van der Waals surface area contributed by atoms with Gasteiger partial charge in [0, 0.05) is 13.6 Å². The van der Waals surface area contributed by atoms with Gasteiger partial charge >= 0.3 is 0 Å². The summed E-state index contributed by atoms with van der Waals surface area (Å²) >= 11 is 0. The second-order valence-electron chi connectivity index (χ2n) is 4.47. The van der Waals surface area contributed by atoms with Crippen LogP contribution in [0.15, 0.2) is 35.4 Å². The second kappa shape index (κ2) is 5.64. The minimum Gasteiger partial charge on any atom is -0.497 e. The van der Waals surface area contributed by atoms with Crippen LogP contribution < -0.4 is 4.74 Å². The van der Waals surface area contributed by atoms with Crippen LogP contribution in [0.4, 0.5) is 0 Å². The lowest BCUT2D eigenvalue weighted by molar-refractivity contribution is 0.414. The Bertz CT molecular complexity index is 677. The lowest BCUT2D eigenvalue weighted by atomic mass is 10.2. The zero-order valence-corrected chi connectivity index (χ0v) is 12.4. The van der Waals surface area contributed by atoms with E-state index < -0.39 is 10.0 Å². The number of benzene rings is 1. The fraction of sp³-hybridized carbons (Fsp3) is 0.308. The minimum absolute atomic E-state index is 0.202. The summed E-state index contributed by atoms with van der Waals surface area (Å²) in [5.41, 5.74) is 1.42. The summed E-state index contributed by atoms with van der Waals surface area (Å²) < 4.78 is 31.1. The van der Waals surface area contributed by atoms with E-state index in [2.05, 4.69) is 10.2 Å². The average Bonchev–Trinajstić information content (AvgIpc) is 2.86. The predicted octanol–water partition coefficient (Wildman–Crippen LogP) is 1.55. The molecule has 20 heavy (non-hydrogen) atoms. The van der Waals surface area contributed by atoms with Crippen LogP contribution in [0.5, 0.6) is 5.75 Å². The SMILES string of the molecule is COc1ccc(CN(C)S(=O)(=O)c2cn[nH]c2C)cc1. The van der Waals surface area contributed by atoms with Crippen molar-refractivity contribution >= 4 is 10.0 Å². The molecule has 0 fully saturated rings. The van der Waals surface area contributed by atoms with Crippen LogP contribution in [-0.2, 0) is 16.6 Å². The quantitative estimate of drug-likeness (QED) is 0.908. The fourth-order valence-corrected chi connectivity index (χ4v) is 3.11. The van der Waals surface area contributed by atoms with Crippen molar-refractivity contribution < 1.29 is 13.2 Å². The van der Waals surface area contributed by atoms with Crippen LogP contribution in [0.25, 0.3) is 0 Å². The van der Waals surface area contributed by atoms with E-state index in [1.165, 1.54) is 10.5 Å². The Morgan fingerprint density at radius 2 is 1.95 bits per heavy atom. The molecule has 108 valence electrons. The smallest absolute Gasteiger partial charge is 0.246 e. The van der Waals surface area contributed by atoms with E-state index >= 15 is 0 Å². The van der Waals surface area contributed by atoms with Crippen molar-refractivity contribution in [3.05, 3.63) is 41.7 Å². The third-order valence-electron chi connectivity index (χ3n) is 3.04. The van der Waals surface area contributed by atoms with Crippen molar-refractivity contribution in [1.82, 2.24) is 14.5 Å². The molecule has 0 saturated carbocycles. The van der Waals surface area contributed by atoms with E-state index in [0.717, 1.165) is 11.3 Å². The number of rotatable bonds is 5. The number of hydrogen-bond acceptors (Lipinski definition) is 4. The zero-order valence-electron chi connectivity index (χ0n) is 11.6. The average molecular weight is 295 g/mol. The van der Waals surface area contributed by atoms with Crippen LogP contribution in [-0.4, -0.2) is 37.1 Å². The van der Waals surface area contributed by atoms with Crippen molar-refractivity contribution in [2.75, 3.05) is 14.2 Å². The Morgan fingerprint density at radius 3 is 2.45 bits per heavy atom. The number of ether oxygens (including phenoxy) is 1. The number of nitrogens with one attached hydrogen (secondary N) is 1. The van der Waals surface area contributed by atoms with Crippen LogP contribution in [0.2, 0.25) is 0 Å². The number of aromatic nitrogens is 2. The Morgan fingerprint density at radius 1 is 1.30 bits per heavy atom. The molecule has 2 aromatic rings. The number of hydrogen-bond donors (Lipinski definition) is 1. The first-order valence-electron chi connectivity index (χ1n) is 6.04. The predicted molar refractivity (Wildman–Crippen MR) is 75.0 cm³/mol. The molecule has 0 spiro atoms. The molecule has 6 nitrogen and oxygen atoms in total. The topological polar surface area (TPSA) is 75.3 Å². The molecule has 0 aliphatic heterocycles. The van der Waals surface area contributed by atoms with E-state index in [1.54, 1.807) is 33.2 Å². The first-order chi connectivity index (χ1) is 9.45. The Balaban J connectivity index is 2.19. The number of methoxy groups -OCH3 is 1. The normalized spacial score (nSPS) is 11.8. The highest BCUT2D eigenvalue weighted by molar-refractivity contribution is 7.89. The molecule has 0 bridgehead atoms. The van der Waals surface area contributed by atoms with Gasteiger partial charge in [0.25, 0.3) is 0 Å². The van der Waals surface area contributed by atoms with Gasteiger partial charge in [-0.25, -0.2) is 8.42 Å². The van der Waals surface area contributed by atoms with Gasteiger partial charge in [0.2, 0.25) is 10.0 Å². The van der Waals surface area contributed by atoms with Gasteiger partial charge in [-0.3, -0.25) is 5.10 Å². The van der Waals surface area contributed by atoms with Gasteiger partial charge < -0.3 is 4.74 Å². The van der Waals surface area contributed by atoms with E-state index in [-0.39, 0.29) is 11.4 Å². The highest BCUT2D eigenvalue weighted by atomic mass is 32.2. The third-order valence-corrected chi connectivity index (χ3v) is 4.95. The molecule has 0 saturated heterocycles. The number of aromatic amines is 1. The van der Waals surface area contributed by atoms with Crippen molar-refractivity contribution in [2.45, 2.75) is 18.4 Å². The summed E-state index contributed by atoms with van der Waals surface area (Å²) in [5.74, 6) is 0.741. The largest absolute Gasteiger partial charge is 0.497 e. The molecule has 0 aliphatic carbocycles. The summed E-state index contributed by atoms with van der Waals surface area (Å²) in [4.78, 5) is 0.202. The van der Waals surface area contributed by atoms with E-state index in [4.69, 9.17) is 4.74 Å². The van der Waals surface area contributed by atoms with Crippen LogP contribution in [0.1, 0.15) is 11.3 Å². The Hall–Kier alpha value is -1.86. The molecule has 1 heterocycles. The van der Waals surface area contributed by atoms with Gasteiger partial charge in [0.1, 0.15) is 10.6 Å². The molecular weight excluding hydrogens is 278 g/mol. The summed E-state index contributed by atoms with van der Waals surface area (Å²) in [6.45, 7) is 1.97. The van der Waals surface area contributed by atoms with Crippen LogP contribution in [0.3, 0.4) is 0 Å². The van der Waals surface area contributed by atoms with E-state index in [1.807, 2.05) is 12.1 Å². The van der Waals surface area contributed by atoms with E-state index in [9.17, 15) is 8.42 Å². The summed E-state index contributed by atoms with van der Waals surface area (Å²) in [6.07, 6.45) is 1.33. The highest BCUT2D eigenvalue weighted by Crippen LogP contribution is 2.19. The van der Waals surface area contributed by atoms with Gasteiger partial charge in [-0.2, -0.15) is 9.40 Å². The maximum absolute atomic E-state index is 12.4. The Kier molecular flexibility index (Phi) is 4.10. The van der Waals surface area contributed by atoms with Crippen molar-refractivity contribution in [3.8, 4) is 5.75 Å². The molecule has 0 amide bonds. The first kappa shape index (κ1) is 14.5. The zero-order chi connectivity index (χ0) is 14.8.